The molecule has 6 heteroatoms. The van der Waals surface area contributed by atoms with Crippen molar-refractivity contribution in [2.24, 2.45) is 0 Å². The number of carbonyl (C=O) groups excluding carboxylic acids is 1. The highest BCUT2D eigenvalue weighted by Gasteiger charge is 2.21. The van der Waals surface area contributed by atoms with Crippen LogP contribution in [-0.4, -0.2) is 30.1 Å². The van der Waals surface area contributed by atoms with E-state index in [2.05, 4.69) is 17.2 Å². The molecular formula is C7H12Cl2N2OS. The highest BCUT2D eigenvalue weighted by atomic mass is 35.5. The topological polar surface area (TPSA) is 41.1 Å². The van der Waals surface area contributed by atoms with Crippen molar-refractivity contribution < 1.29 is 4.79 Å². The summed E-state index contributed by atoms with van der Waals surface area (Å²) in [4.78, 5) is 11.3. The van der Waals surface area contributed by atoms with Crippen molar-refractivity contribution in [1.82, 2.24) is 10.6 Å². The van der Waals surface area contributed by atoms with Gasteiger partial charge in [0.05, 0.1) is 12.6 Å². The fourth-order valence-electron chi connectivity index (χ4n) is 0.870. The summed E-state index contributed by atoms with van der Waals surface area (Å²) in [5.74, 6) is 1.68. The SMILES string of the molecule is C=C(Cl)CNC(=O)[C@H]1CSCN1.Cl. The highest BCUT2D eigenvalue weighted by Crippen LogP contribution is 2.09. The third-order valence-electron chi connectivity index (χ3n) is 1.49. The molecule has 1 fully saturated rings. The number of carbonyl (C=O) groups is 1. The first kappa shape index (κ1) is 13.1. The number of thioether (sulfide) groups is 1. The third kappa shape index (κ3) is 4.76. The van der Waals surface area contributed by atoms with E-state index >= 15 is 0 Å². The quantitative estimate of drug-likeness (QED) is 0.775. The first-order valence-electron chi connectivity index (χ1n) is 3.62. The Balaban J connectivity index is 0.00000144. The largest absolute Gasteiger partial charge is 0.350 e. The molecule has 13 heavy (non-hydrogen) atoms. The molecule has 1 heterocycles. The van der Waals surface area contributed by atoms with Gasteiger partial charge in [0.25, 0.3) is 0 Å². The molecule has 0 radical (unpaired) electrons. The molecule has 0 unspecified atom stereocenters. The fourth-order valence-corrected chi connectivity index (χ4v) is 1.88. The molecule has 0 aromatic carbocycles. The summed E-state index contributed by atoms with van der Waals surface area (Å²) in [5, 5.41) is 6.19. The molecule has 2 N–H and O–H groups in total. The molecule has 1 rings (SSSR count). The molecule has 0 bridgehead atoms. The van der Waals surface area contributed by atoms with Gasteiger partial charge in [-0.05, 0) is 0 Å². The van der Waals surface area contributed by atoms with Crippen LogP contribution < -0.4 is 10.6 Å². The summed E-state index contributed by atoms with van der Waals surface area (Å²) in [6.07, 6.45) is 0. The van der Waals surface area contributed by atoms with Crippen LogP contribution in [0.2, 0.25) is 0 Å². The van der Waals surface area contributed by atoms with Gasteiger partial charge >= 0.3 is 0 Å². The first-order valence-corrected chi connectivity index (χ1v) is 5.15. The average molecular weight is 243 g/mol. The van der Waals surface area contributed by atoms with Gasteiger partial charge in [-0.25, -0.2) is 0 Å². The second kappa shape index (κ2) is 6.54. The smallest absolute Gasteiger partial charge is 0.238 e. The average Bonchev–Trinajstić information content (AvgIpc) is 2.51. The minimum Gasteiger partial charge on any atom is -0.350 e. The Morgan fingerprint density at radius 2 is 2.46 bits per heavy atom. The third-order valence-corrected chi connectivity index (χ3v) is 2.56. The van der Waals surface area contributed by atoms with Gasteiger partial charge in [-0.15, -0.1) is 24.2 Å². The number of hydrogen-bond acceptors (Lipinski definition) is 3. The molecular weight excluding hydrogens is 231 g/mol. The molecule has 0 aliphatic carbocycles. The maximum Gasteiger partial charge on any atom is 0.238 e. The monoisotopic (exact) mass is 242 g/mol. The maximum absolute atomic E-state index is 11.3. The highest BCUT2D eigenvalue weighted by molar-refractivity contribution is 7.99. The van der Waals surface area contributed by atoms with E-state index in [0.717, 1.165) is 11.6 Å². The number of nitrogens with one attached hydrogen (secondary N) is 2. The lowest BCUT2D eigenvalue weighted by Crippen LogP contribution is -2.42. The van der Waals surface area contributed by atoms with Crippen LogP contribution in [0.4, 0.5) is 0 Å². The first-order chi connectivity index (χ1) is 5.70. The van der Waals surface area contributed by atoms with E-state index < -0.39 is 0 Å². The lowest BCUT2D eigenvalue weighted by molar-refractivity contribution is -0.122. The normalized spacial score (nSPS) is 20.5. The predicted octanol–water partition coefficient (Wildman–Crippen LogP) is 0.939. The van der Waals surface area contributed by atoms with E-state index in [1.165, 1.54) is 0 Å². The molecule has 0 saturated carbocycles. The molecule has 1 atom stereocenters. The van der Waals surface area contributed by atoms with Crippen LogP contribution in [0.15, 0.2) is 11.6 Å². The van der Waals surface area contributed by atoms with Crippen LogP contribution in [0, 0.1) is 0 Å². The van der Waals surface area contributed by atoms with Crippen LogP contribution in [0.25, 0.3) is 0 Å². The van der Waals surface area contributed by atoms with Gasteiger partial charge in [-0.3, -0.25) is 10.1 Å². The van der Waals surface area contributed by atoms with E-state index in [1.54, 1.807) is 11.8 Å². The minimum atomic E-state index is -0.0639. The Bertz CT molecular complexity index is 195. The Kier molecular flexibility index (Phi) is 6.59. The summed E-state index contributed by atoms with van der Waals surface area (Å²) >= 11 is 7.21. The van der Waals surface area contributed by atoms with Gasteiger partial charge in [0.2, 0.25) is 5.91 Å². The summed E-state index contributed by atoms with van der Waals surface area (Å²) in [6, 6.07) is -0.0639. The molecule has 3 nitrogen and oxygen atoms in total. The second-order valence-corrected chi connectivity index (χ2v) is 4.07. The second-order valence-electron chi connectivity index (χ2n) is 2.51. The van der Waals surface area contributed by atoms with Crippen LogP contribution in [0.5, 0.6) is 0 Å². The predicted molar refractivity (Wildman–Crippen MR) is 59.5 cm³/mol. The molecule has 1 saturated heterocycles. The van der Waals surface area contributed by atoms with Crippen molar-refractivity contribution >= 4 is 41.7 Å². The Morgan fingerprint density at radius 3 is 2.92 bits per heavy atom. The maximum atomic E-state index is 11.3. The van der Waals surface area contributed by atoms with Gasteiger partial charge in [-0.2, -0.15) is 0 Å². The summed E-state index contributed by atoms with van der Waals surface area (Å²) in [5.41, 5.74) is 0. The molecule has 1 aliphatic rings. The van der Waals surface area contributed by atoms with Gasteiger partial charge in [0, 0.05) is 16.7 Å². The summed E-state index contributed by atoms with van der Waals surface area (Å²) < 4.78 is 0. The Hall–Kier alpha value is 0.1000. The fraction of sp³-hybridized carbons (Fsp3) is 0.571. The Labute approximate surface area is 93.1 Å². The van der Waals surface area contributed by atoms with Crippen LogP contribution in [-0.2, 0) is 4.79 Å². The summed E-state index contributed by atoms with van der Waals surface area (Å²) in [6.45, 7) is 3.83. The van der Waals surface area contributed by atoms with Crippen LogP contribution in [0.1, 0.15) is 0 Å². The zero-order chi connectivity index (χ0) is 8.97. The Morgan fingerprint density at radius 1 is 1.77 bits per heavy atom. The molecule has 76 valence electrons. The van der Waals surface area contributed by atoms with Crippen LogP contribution >= 0.6 is 35.8 Å². The van der Waals surface area contributed by atoms with E-state index in [0.29, 0.717) is 11.6 Å². The van der Waals surface area contributed by atoms with Crippen molar-refractivity contribution in [1.29, 1.82) is 0 Å². The van der Waals surface area contributed by atoms with Gasteiger partial charge in [0.1, 0.15) is 0 Å². The van der Waals surface area contributed by atoms with Gasteiger partial charge < -0.3 is 5.32 Å². The number of rotatable bonds is 3. The zero-order valence-electron chi connectivity index (χ0n) is 7.01. The summed E-state index contributed by atoms with van der Waals surface area (Å²) in [7, 11) is 0. The van der Waals surface area contributed by atoms with E-state index in [9.17, 15) is 4.79 Å². The number of hydrogen-bond donors (Lipinski definition) is 2. The molecule has 1 amide bonds. The van der Waals surface area contributed by atoms with E-state index in [1.807, 2.05) is 0 Å². The zero-order valence-corrected chi connectivity index (χ0v) is 9.40. The lowest BCUT2D eigenvalue weighted by Gasteiger charge is -2.08. The molecule has 0 aromatic rings. The van der Waals surface area contributed by atoms with E-state index in [4.69, 9.17) is 11.6 Å². The lowest BCUT2D eigenvalue weighted by atomic mass is 10.3. The van der Waals surface area contributed by atoms with Crippen molar-refractivity contribution in [3.8, 4) is 0 Å². The number of amides is 1. The van der Waals surface area contributed by atoms with Crippen LogP contribution in [0.3, 0.4) is 0 Å². The van der Waals surface area contributed by atoms with Gasteiger partial charge in [0.15, 0.2) is 0 Å². The van der Waals surface area contributed by atoms with Crippen molar-refractivity contribution in [2.75, 3.05) is 18.2 Å². The van der Waals surface area contributed by atoms with Crippen molar-refractivity contribution in [2.45, 2.75) is 6.04 Å². The molecule has 0 spiro atoms. The van der Waals surface area contributed by atoms with Gasteiger partial charge in [-0.1, -0.05) is 18.2 Å². The van der Waals surface area contributed by atoms with Crippen molar-refractivity contribution in [3.05, 3.63) is 11.6 Å². The standard InChI is InChI=1S/C7H11ClN2OS.ClH/c1-5(8)2-9-7(11)6-3-12-4-10-6;/h6,10H,1-4H2,(H,9,11);1H/t6-;/m1./s1. The number of halogens is 2. The molecule has 0 aromatic heterocycles. The van der Waals surface area contributed by atoms with Crippen molar-refractivity contribution in [3.63, 3.8) is 0 Å². The molecule has 1 aliphatic heterocycles. The minimum absolute atomic E-state index is 0. The van der Waals surface area contributed by atoms with E-state index in [-0.39, 0.29) is 24.4 Å².